The van der Waals surface area contributed by atoms with Crippen LogP contribution >= 0.6 is 0 Å². The molecule has 2 rings (SSSR count). The highest BCUT2D eigenvalue weighted by Crippen LogP contribution is 2.12. The Hall–Kier alpha value is -1.64. The first-order chi connectivity index (χ1) is 7.27. The third-order valence-corrected chi connectivity index (χ3v) is 2.66. The summed E-state index contributed by atoms with van der Waals surface area (Å²) < 4.78 is 4.90. The molecule has 0 atom stereocenters. The summed E-state index contributed by atoms with van der Waals surface area (Å²) in [6.07, 6.45) is 7.42. The van der Waals surface area contributed by atoms with Crippen molar-refractivity contribution < 1.29 is 4.52 Å². The molecule has 0 aliphatic carbocycles. The van der Waals surface area contributed by atoms with E-state index in [4.69, 9.17) is 4.52 Å². The summed E-state index contributed by atoms with van der Waals surface area (Å²) in [5.74, 6) is 0. The van der Waals surface area contributed by atoms with E-state index in [9.17, 15) is 0 Å². The van der Waals surface area contributed by atoms with Gasteiger partial charge in [0, 0.05) is 18.0 Å². The van der Waals surface area contributed by atoms with E-state index in [-0.39, 0.29) is 0 Å². The number of nitrogens with zero attached hydrogens (tertiary/aromatic N) is 2. The van der Waals surface area contributed by atoms with Gasteiger partial charge in [-0.05, 0) is 43.9 Å². The van der Waals surface area contributed by atoms with Crippen LogP contribution in [0.4, 0.5) is 0 Å². The van der Waals surface area contributed by atoms with E-state index in [0.29, 0.717) is 0 Å². The minimum Gasteiger partial charge on any atom is -0.364 e. The summed E-state index contributed by atoms with van der Waals surface area (Å²) in [4.78, 5) is 4.13. The van der Waals surface area contributed by atoms with Crippen molar-refractivity contribution >= 4 is 0 Å². The molecule has 15 heavy (non-hydrogen) atoms. The Morgan fingerprint density at radius 1 is 1.20 bits per heavy atom. The van der Waals surface area contributed by atoms with Gasteiger partial charge in [-0.2, -0.15) is 0 Å². The molecule has 0 amide bonds. The topological polar surface area (TPSA) is 38.9 Å². The van der Waals surface area contributed by atoms with Gasteiger partial charge in [0.05, 0.1) is 5.69 Å². The molecule has 0 bridgehead atoms. The number of rotatable bonds is 3. The molecule has 0 saturated carbocycles. The molecule has 3 heteroatoms. The fourth-order valence-electron chi connectivity index (χ4n) is 1.58. The quantitative estimate of drug-likeness (QED) is 0.767. The van der Waals surface area contributed by atoms with Gasteiger partial charge in [0.25, 0.3) is 0 Å². The first-order valence-corrected chi connectivity index (χ1v) is 5.06. The summed E-state index contributed by atoms with van der Waals surface area (Å²) in [7, 11) is 0. The van der Waals surface area contributed by atoms with E-state index < -0.39 is 0 Å². The highest BCUT2D eigenvalue weighted by Gasteiger charge is 2.04. The van der Waals surface area contributed by atoms with E-state index >= 15 is 0 Å². The van der Waals surface area contributed by atoms with E-state index in [1.165, 1.54) is 16.7 Å². The normalized spacial score (nSPS) is 10.5. The molecule has 0 fully saturated rings. The van der Waals surface area contributed by atoms with Crippen LogP contribution in [0.1, 0.15) is 22.4 Å². The predicted molar refractivity (Wildman–Crippen MR) is 57.6 cm³/mol. The van der Waals surface area contributed by atoms with Gasteiger partial charge in [-0.3, -0.25) is 4.98 Å². The highest BCUT2D eigenvalue weighted by atomic mass is 16.5. The van der Waals surface area contributed by atoms with E-state index in [1.54, 1.807) is 6.26 Å². The maximum Gasteiger partial charge on any atom is 0.127 e. The molecule has 0 unspecified atom stereocenters. The molecule has 78 valence electrons. The van der Waals surface area contributed by atoms with Crippen LogP contribution in [0.25, 0.3) is 0 Å². The average molecular weight is 202 g/mol. The molecule has 0 aliphatic heterocycles. The molecular formula is C12H14N2O. The molecule has 0 aromatic carbocycles. The van der Waals surface area contributed by atoms with E-state index in [1.807, 2.05) is 25.4 Å². The van der Waals surface area contributed by atoms with Crippen LogP contribution < -0.4 is 0 Å². The van der Waals surface area contributed by atoms with Crippen molar-refractivity contribution in [2.75, 3.05) is 0 Å². The summed E-state index contributed by atoms with van der Waals surface area (Å²) in [6.45, 7) is 4.08. The molecule has 0 saturated heterocycles. The van der Waals surface area contributed by atoms with Crippen LogP contribution in [-0.4, -0.2) is 10.1 Å². The lowest BCUT2D eigenvalue weighted by Crippen LogP contribution is -1.95. The van der Waals surface area contributed by atoms with Gasteiger partial charge in [-0.25, -0.2) is 0 Å². The number of hydrogen-bond acceptors (Lipinski definition) is 3. The molecular weight excluding hydrogens is 188 g/mol. The lowest BCUT2D eigenvalue weighted by Gasteiger charge is -2.03. The van der Waals surface area contributed by atoms with Gasteiger partial charge in [-0.1, -0.05) is 5.16 Å². The number of aryl methyl sites for hydroxylation is 4. The minimum atomic E-state index is 0.960. The van der Waals surface area contributed by atoms with Gasteiger partial charge in [0.2, 0.25) is 0 Å². The van der Waals surface area contributed by atoms with Crippen molar-refractivity contribution in [3.05, 3.63) is 47.1 Å². The zero-order valence-corrected chi connectivity index (χ0v) is 9.03. The molecule has 2 aromatic rings. The third kappa shape index (κ3) is 2.24. The summed E-state index contributed by atoms with van der Waals surface area (Å²) in [5.41, 5.74) is 4.74. The molecule has 0 radical (unpaired) electrons. The van der Waals surface area contributed by atoms with Crippen molar-refractivity contribution in [2.24, 2.45) is 0 Å². The lowest BCUT2D eigenvalue weighted by molar-refractivity contribution is 0.414. The Morgan fingerprint density at radius 3 is 2.67 bits per heavy atom. The largest absolute Gasteiger partial charge is 0.364 e. The van der Waals surface area contributed by atoms with Gasteiger partial charge < -0.3 is 4.52 Å². The minimum absolute atomic E-state index is 0.960. The zero-order valence-electron chi connectivity index (χ0n) is 9.03. The first-order valence-electron chi connectivity index (χ1n) is 5.06. The van der Waals surface area contributed by atoms with Crippen molar-refractivity contribution in [3.8, 4) is 0 Å². The molecule has 0 N–H and O–H groups in total. The van der Waals surface area contributed by atoms with Crippen molar-refractivity contribution in [1.82, 2.24) is 10.1 Å². The predicted octanol–water partition coefficient (Wildman–Crippen LogP) is 2.47. The van der Waals surface area contributed by atoms with Crippen molar-refractivity contribution in [3.63, 3.8) is 0 Å². The van der Waals surface area contributed by atoms with Gasteiger partial charge in [-0.15, -0.1) is 0 Å². The second-order valence-corrected chi connectivity index (χ2v) is 3.73. The van der Waals surface area contributed by atoms with Crippen LogP contribution in [-0.2, 0) is 12.8 Å². The Kier molecular flexibility index (Phi) is 2.81. The van der Waals surface area contributed by atoms with Crippen molar-refractivity contribution in [2.45, 2.75) is 26.7 Å². The lowest BCUT2D eigenvalue weighted by atomic mass is 10.0. The van der Waals surface area contributed by atoms with Crippen LogP contribution in [0.5, 0.6) is 0 Å². The smallest absolute Gasteiger partial charge is 0.127 e. The Labute approximate surface area is 89.1 Å². The molecule has 2 heterocycles. The third-order valence-electron chi connectivity index (χ3n) is 2.66. The van der Waals surface area contributed by atoms with Gasteiger partial charge in [0.15, 0.2) is 0 Å². The summed E-state index contributed by atoms with van der Waals surface area (Å²) >= 11 is 0. The van der Waals surface area contributed by atoms with Crippen LogP contribution in [0, 0.1) is 13.8 Å². The maximum atomic E-state index is 4.90. The Bertz CT molecular complexity index is 448. The van der Waals surface area contributed by atoms with Crippen molar-refractivity contribution in [1.29, 1.82) is 0 Å². The molecule has 0 spiro atoms. The zero-order chi connectivity index (χ0) is 10.7. The number of aromatic nitrogens is 2. The Balaban J connectivity index is 2.06. The van der Waals surface area contributed by atoms with Crippen LogP contribution in [0.3, 0.4) is 0 Å². The standard InChI is InChI=1S/C12H14N2O/c1-9-5-6-13-7-11(9)3-4-12-8-15-14-10(12)2/h5-8H,3-4H2,1-2H3. The molecule has 0 aliphatic rings. The fraction of sp³-hybridized carbons (Fsp3) is 0.333. The molecule has 2 aromatic heterocycles. The van der Waals surface area contributed by atoms with Gasteiger partial charge in [0.1, 0.15) is 6.26 Å². The second-order valence-electron chi connectivity index (χ2n) is 3.73. The number of pyridine rings is 1. The SMILES string of the molecule is Cc1ccncc1CCc1conc1C. The summed E-state index contributed by atoms with van der Waals surface area (Å²) in [6, 6.07) is 2.04. The monoisotopic (exact) mass is 202 g/mol. The second kappa shape index (κ2) is 4.26. The number of hydrogen-bond donors (Lipinski definition) is 0. The average Bonchev–Trinajstić information content (AvgIpc) is 2.63. The highest BCUT2D eigenvalue weighted by molar-refractivity contribution is 5.23. The van der Waals surface area contributed by atoms with Crippen LogP contribution in [0.15, 0.2) is 29.2 Å². The van der Waals surface area contributed by atoms with E-state index in [0.717, 1.165) is 18.5 Å². The fourth-order valence-corrected chi connectivity index (χ4v) is 1.58. The Morgan fingerprint density at radius 2 is 2.00 bits per heavy atom. The molecule has 3 nitrogen and oxygen atoms in total. The van der Waals surface area contributed by atoms with Crippen LogP contribution in [0.2, 0.25) is 0 Å². The first kappa shape index (κ1) is 9.90. The van der Waals surface area contributed by atoms with Gasteiger partial charge >= 0.3 is 0 Å². The maximum absolute atomic E-state index is 4.90. The van der Waals surface area contributed by atoms with E-state index in [2.05, 4.69) is 17.1 Å². The summed E-state index contributed by atoms with van der Waals surface area (Å²) in [5, 5.41) is 3.86.